The molecule has 1 N–H and O–H groups in total. The van der Waals surface area contributed by atoms with Gasteiger partial charge < -0.3 is 14.5 Å². The molecule has 1 saturated heterocycles. The number of carbonyl (C=O) groups excluding carboxylic acids is 1. The molecule has 0 spiro atoms. The van der Waals surface area contributed by atoms with Crippen molar-refractivity contribution in [2.75, 3.05) is 46.2 Å². The van der Waals surface area contributed by atoms with E-state index >= 15 is 0 Å². The van der Waals surface area contributed by atoms with Gasteiger partial charge in [-0.2, -0.15) is 5.10 Å². The number of likely N-dealkylation sites (N-methyl/N-ethyl adjacent to an activating group) is 1. The second-order valence-corrected chi connectivity index (χ2v) is 5.26. The summed E-state index contributed by atoms with van der Waals surface area (Å²) < 4.78 is 6.81. The average molecular weight is 281 g/mol. The predicted octanol–water partition coefficient (Wildman–Crippen LogP) is 0.697. The van der Waals surface area contributed by atoms with E-state index in [1.807, 2.05) is 31.0 Å². The molecule has 2 heterocycles. The van der Waals surface area contributed by atoms with Crippen molar-refractivity contribution in [3.63, 3.8) is 0 Å². The molecule has 1 aliphatic rings. The molecule has 2 amide bonds. The van der Waals surface area contributed by atoms with Gasteiger partial charge in [0.1, 0.15) is 0 Å². The van der Waals surface area contributed by atoms with Crippen LogP contribution in [0.1, 0.15) is 6.42 Å². The van der Waals surface area contributed by atoms with Gasteiger partial charge in [0.15, 0.2) is 5.82 Å². The number of nitrogens with zero attached hydrogens (tertiary/aromatic N) is 4. The molecule has 0 aliphatic carbocycles. The molecule has 20 heavy (non-hydrogen) atoms. The number of likely N-dealkylation sites (tertiary alicyclic amines) is 1. The molecule has 0 unspecified atom stereocenters. The van der Waals surface area contributed by atoms with Gasteiger partial charge >= 0.3 is 6.03 Å². The van der Waals surface area contributed by atoms with Crippen LogP contribution in [-0.4, -0.2) is 72.6 Å². The number of aryl methyl sites for hydroxylation is 1. The number of urea groups is 1. The summed E-state index contributed by atoms with van der Waals surface area (Å²) >= 11 is 0. The number of hydrogen-bond acceptors (Lipinski definition) is 4. The van der Waals surface area contributed by atoms with E-state index in [1.165, 1.54) is 0 Å². The zero-order chi connectivity index (χ0) is 14.5. The first-order chi connectivity index (χ1) is 9.60. The van der Waals surface area contributed by atoms with Crippen LogP contribution in [0.4, 0.5) is 10.6 Å². The van der Waals surface area contributed by atoms with Crippen molar-refractivity contribution >= 4 is 11.8 Å². The predicted molar refractivity (Wildman–Crippen MR) is 76.8 cm³/mol. The molecule has 1 aliphatic heterocycles. The van der Waals surface area contributed by atoms with Crippen LogP contribution in [-0.2, 0) is 11.3 Å². The van der Waals surface area contributed by atoms with Crippen molar-refractivity contribution in [2.24, 2.45) is 0 Å². The van der Waals surface area contributed by atoms with E-state index in [9.17, 15) is 4.79 Å². The lowest BCUT2D eigenvalue weighted by Gasteiger charge is -2.42. The lowest BCUT2D eigenvalue weighted by Crippen LogP contribution is -2.60. The highest BCUT2D eigenvalue weighted by Crippen LogP contribution is 2.14. The van der Waals surface area contributed by atoms with Gasteiger partial charge in [0.25, 0.3) is 0 Å². The number of rotatable bonds is 6. The topological polar surface area (TPSA) is 62.6 Å². The van der Waals surface area contributed by atoms with Crippen LogP contribution >= 0.6 is 0 Å². The van der Waals surface area contributed by atoms with Crippen molar-refractivity contribution < 1.29 is 9.53 Å². The number of ether oxygens (including phenoxy) is 1. The number of carbonyl (C=O) groups is 1. The minimum atomic E-state index is -0.0785. The molecule has 2 rings (SSSR count). The lowest BCUT2D eigenvalue weighted by atomic mass is 10.1. The van der Waals surface area contributed by atoms with Crippen LogP contribution in [0.15, 0.2) is 12.3 Å². The quantitative estimate of drug-likeness (QED) is 0.780. The third-order valence-electron chi connectivity index (χ3n) is 3.49. The molecule has 7 nitrogen and oxygen atoms in total. The molecule has 112 valence electrons. The van der Waals surface area contributed by atoms with Crippen LogP contribution < -0.4 is 5.32 Å². The van der Waals surface area contributed by atoms with Crippen LogP contribution in [0.25, 0.3) is 0 Å². The molecule has 0 aromatic carbocycles. The van der Waals surface area contributed by atoms with E-state index in [-0.39, 0.29) is 6.03 Å². The molecule has 0 atom stereocenters. The SMILES string of the molecule is COCCCn1ccc(NC(=O)N2CC(N(C)C)C2)n1. The number of nitrogens with one attached hydrogen (secondary N) is 1. The van der Waals surface area contributed by atoms with Gasteiger partial charge in [-0.15, -0.1) is 0 Å². The molecule has 0 bridgehead atoms. The number of amides is 2. The molecule has 1 fully saturated rings. The Kier molecular flexibility index (Phi) is 4.97. The Morgan fingerprint density at radius 2 is 2.30 bits per heavy atom. The van der Waals surface area contributed by atoms with E-state index in [2.05, 4.69) is 15.3 Å². The smallest absolute Gasteiger partial charge is 0.323 e. The summed E-state index contributed by atoms with van der Waals surface area (Å²) in [6.07, 6.45) is 2.77. The van der Waals surface area contributed by atoms with E-state index in [0.717, 1.165) is 26.1 Å². The summed E-state index contributed by atoms with van der Waals surface area (Å²) in [4.78, 5) is 15.9. The van der Waals surface area contributed by atoms with E-state index in [0.29, 0.717) is 18.5 Å². The first-order valence-corrected chi connectivity index (χ1v) is 6.85. The highest BCUT2D eigenvalue weighted by atomic mass is 16.5. The second kappa shape index (κ2) is 6.71. The Hall–Kier alpha value is -1.60. The molecule has 0 radical (unpaired) electrons. The first kappa shape index (κ1) is 14.8. The maximum Gasteiger partial charge on any atom is 0.323 e. The number of hydrogen-bond donors (Lipinski definition) is 1. The van der Waals surface area contributed by atoms with Crippen molar-refractivity contribution in [3.05, 3.63) is 12.3 Å². The van der Waals surface area contributed by atoms with Gasteiger partial charge in [-0.05, 0) is 20.5 Å². The normalized spacial score (nSPS) is 15.5. The van der Waals surface area contributed by atoms with Crippen molar-refractivity contribution in [2.45, 2.75) is 19.0 Å². The average Bonchev–Trinajstić information content (AvgIpc) is 2.74. The third kappa shape index (κ3) is 3.71. The highest BCUT2D eigenvalue weighted by Gasteiger charge is 2.32. The van der Waals surface area contributed by atoms with Gasteiger partial charge in [-0.25, -0.2) is 4.79 Å². The number of anilines is 1. The Balaban J connectivity index is 1.75. The summed E-state index contributed by atoms with van der Waals surface area (Å²) in [6, 6.07) is 2.20. The molecule has 1 aromatic heterocycles. The Morgan fingerprint density at radius 3 is 2.95 bits per heavy atom. The zero-order valence-corrected chi connectivity index (χ0v) is 12.4. The van der Waals surface area contributed by atoms with Crippen molar-refractivity contribution in [1.82, 2.24) is 19.6 Å². The largest absolute Gasteiger partial charge is 0.385 e. The summed E-state index contributed by atoms with van der Waals surface area (Å²) in [7, 11) is 5.74. The van der Waals surface area contributed by atoms with E-state index < -0.39 is 0 Å². The number of aromatic nitrogens is 2. The van der Waals surface area contributed by atoms with Crippen LogP contribution in [0.5, 0.6) is 0 Å². The summed E-state index contributed by atoms with van der Waals surface area (Å²) in [5.74, 6) is 0.598. The van der Waals surface area contributed by atoms with E-state index in [1.54, 1.807) is 12.0 Å². The maximum absolute atomic E-state index is 12.0. The van der Waals surface area contributed by atoms with Crippen molar-refractivity contribution in [1.29, 1.82) is 0 Å². The van der Waals surface area contributed by atoms with Crippen LogP contribution in [0.2, 0.25) is 0 Å². The third-order valence-corrected chi connectivity index (χ3v) is 3.49. The minimum absolute atomic E-state index is 0.0785. The van der Waals surface area contributed by atoms with Crippen molar-refractivity contribution in [3.8, 4) is 0 Å². The molecule has 0 saturated carbocycles. The second-order valence-electron chi connectivity index (χ2n) is 5.26. The van der Waals surface area contributed by atoms with E-state index in [4.69, 9.17) is 4.74 Å². The standard InChI is InChI=1S/C13H23N5O2/c1-16(2)11-9-17(10-11)13(19)14-12-5-7-18(15-12)6-4-8-20-3/h5,7,11H,4,6,8-10H2,1-3H3,(H,14,15,19). The lowest BCUT2D eigenvalue weighted by molar-refractivity contribution is 0.0942. The Bertz CT molecular complexity index is 440. The molecule has 1 aromatic rings. The minimum Gasteiger partial charge on any atom is -0.385 e. The summed E-state index contributed by atoms with van der Waals surface area (Å²) in [5.41, 5.74) is 0. The fourth-order valence-corrected chi connectivity index (χ4v) is 2.06. The molecular weight excluding hydrogens is 258 g/mol. The maximum atomic E-state index is 12.0. The Labute approximate surface area is 119 Å². The fraction of sp³-hybridized carbons (Fsp3) is 0.692. The number of methoxy groups -OCH3 is 1. The van der Waals surface area contributed by atoms with Crippen LogP contribution in [0.3, 0.4) is 0 Å². The zero-order valence-electron chi connectivity index (χ0n) is 12.4. The van der Waals surface area contributed by atoms with Gasteiger partial charge in [-0.1, -0.05) is 0 Å². The molecule has 7 heteroatoms. The summed E-state index contributed by atoms with van der Waals surface area (Å²) in [6.45, 7) is 3.04. The Morgan fingerprint density at radius 1 is 1.55 bits per heavy atom. The van der Waals surface area contributed by atoms with Crippen LogP contribution in [0, 0.1) is 0 Å². The van der Waals surface area contributed by atoms with Gasteiger partial charge in [0.05, 0.1) is 0 Å². The van der Waals surface area contributed by atoms with Gasteiger partial charge in [0.2, 0.25) is 0 Å². The molecular formula is C13H23N5O2. The fourth-order valence-electron chi connectivity index (χ4n) is 2.06. The summed E-state index contributed by atoms with van der Waals surface area (Å²) in [5, 5.41) is 7.13. The van der Waals surface area contributed by atoms with Gasteiger partial charge in [-0.3, -0.25) is 10.00 Å². The monoisotopic (exact) mass is 281 g/mol. The van der Waals surface area contributed by atoms with Gasteiger partial charge in [0, 0.05) is 51.7 Å². The first-order valence-electron chi connectivity index (χ1n) is 6.85. The highest BCUT2D eigenvalue weighted by molar-refractivity contribution is 5.88.